The molecule has 122 valence electrons. The van der Waals surface area contributed by atoms with Crippen LogP contribution < -0.4 is 11.1 Å². The topological polar surface area (TPSA) is 121 Å². The maximum atomic E-state index is 12.5. The molecule has 0 aliphatic rings. The van der Waals surface area contributed by atoms with Gasteiger partial charge in [-0.25, -0.2) is 0 Å². The SMILES string of the molecule is Nc1c(C(=O)Nc2cc(CO)cc(CO)c2)nnc2ccccc12. The molecule has 5 N–H and O–H groups in total. The minimum Gasteiger partial charge on any atom is -0.396 e. The van der Waals surface area contributed by atoms with Crippen LogP contribution >= 0.6 is 0 Å². The van der Waals surface area contributed by atoms with Crippen LogP contribution in [0.5, 0.6) is 0 Å². The predicted octanol–water partition coefficient (Wildman–Crippen LogP) is 1.45. The molecule has 0 bridgehead atoms. The number of carbonyl (C=O) groups excluding carboxylic acids is 1. The van der Waals surface area contributed by atoms with E-state index in [-0.39, 0.29) is 24.6 Å². The minimum atomic E-state index is -0.510. The molecule has 0 atom stereocenters. The number of hydrogen-bond donors (Lipinski definition) is 4. The summed E-state index contributed by atoms with van der Waals surface area (Å²) < 4.78 is 0. The fraction of sp³-hybridized carbons (Fsp3) is 0.118. The number of fused-ring (bicyclic) bond motifs is 1. The molecular weight excluding hydrogens is 308 g/mol. The molecule has 0 unspecified atom stereocenters. The van der Waals surface area contributed by atoms with Crippen LogP contribution in [0.2, 0.25) is 0 Å². The van der Waals surface area contributed by atoms with Crippen LogP contribution in [-0.2, 0) is 13.2 Å². The molecule has 2 aromatic carbocycles. The maximum absolute atomic E-state index is 12.5. The fourth-order valence-electron chi connectivity index (χ4n) is 2.45. The second kappa shape index (κ2) is 6.61. The molecule has 24 heavy (non-hydrogen) atoms. The van der Waals surface area contributed by atoms with E-state index in [4.69, 9.17) is 5.73 Å². The molecule has 1 amide bonds. The molecule has 0 aliphatic carbocycles. The van der Waals surface area contributed by atoms with Crippen LogP contribution in [0, 0.1) is 0 Å². The molecule has 1 aromatic heterocycles. The number of nitrogens with one attached hydrogen (secondary N) is 1. The average molecular weight is 324 g/mol. The smallest absolute Gasteiger partial charge is 0.278 e. The quantitative estimate of drug-likeness (QED) is 0.576. The van der Waals surface area contributed by atoms with Crippen molar-refractivity contribution < 1.29 is 15.0 Å². The Bertz CT molecular complexity index is 889. The Kier molecular flexibility index (Phi) is 4.37. The van der Waals surface area contributed by atoms with Crippen LogP contribution in [0.3, 0.4) is 0 Å². The minimum absolute atomic E-state index is 0.0219. The molecule has 0 radical (unpaired) electrons. The number of aromatic nitrogens is 2. The number of rotatable bonds is 4. The van der Waals surface area contributed by atoms with Gasteiger partial charge in [0.2, 0.25) is 0 Å². The van der Waals surface area contributed by atoms with E-state index in [0.717, 1.165) is 0 Å². The van der Waals surface area contributed by atoms with E-state index < -0.39 is 5.91 Å². The van der Waals surface area contributed by atoms with Gasteiger partial charge in [0.15, 0.2) is 5.69 Å². The van der Waals surface area contributed by atoms with Crippen molar-refractivity contribution in [1.29, 1.82) is 0 Å². The molecule has 0 saturated heterocycles. The summed E-state index contributed by atoms with van der Waals surface area (Å²) in [5.41, 5.74) is 8.51. The third-order valence-corrected chi connectivity index (χ3v) is 3.60. The van der Waals surface area contributed by atoms with Gasteiger partial charge in [-0.05, 0) is 29.3 Å². The lowest BCUT2D eigenvalue weighted by Gasteiger charge is -2.10. The Labute approximate surface area is 137 Å². The van der Waals surface area contributed by atoms with Gasteiger partial charge in [0.25, 0.3) is 5.91 Å². The number of aliphatic hydroxyl groups is 2. The highest BCUT2D eigenvalue weighted by Gasteiger charge is 2.16. The van der Waals surface area contributed by atoms with Crippen molar-refractivity contribution in [3.8, 4) is 0 Å². The molecule has 0 spiro atoms. The van der Waals surface area contributed by atoms with Crippen LogP contribution in [0.1, 0.15) is 21.6 Å². The molecule has 7 nitrogen and oxygen atoms in total. The first-order valence-corrected chi connectivity index (χ1v) is 7.29. The normalized spacial score (nSPS) is 10.8. The molecule has 0 aliphatic heterocycles. The average Bonchev–Trinajstić information content (AvgIpc) is 2.61. The highest BCUT2D eigenvalue weighted by atomic mass is 16.3. The number of nitrogens with two attached hydrogens (primary N) is 1. The van der Waals surface area contributed by atoms with Crippen molar-refractivity contribution in [3.05, 3.63) is 59.3 Å². The zero-order chi connectivity index (χ0) is 17.1. The first-order chi connectivity index (χ1) is 11.6. The van der Waals surface area contributed by atoms with Crippen LogP contribution in [0.15, 0.2) is 42.5 Å². The van der Waals surface area contributed by atoms with Crippen molar-refractivity contribution in [2.45, 2.75) is 13.2 Å². The summed E-state index contributed by atoms with van der Waals surface area (Å²) in [4.78, 5) is 12.5. The Morgan fingerprint density at radius 3 is 2.38 bits per heavy atom. The van der Waals surface area contributed by atoms with Crippen molar-refractivity contribution >= 4 is 28.2 Å². The predicted molar refractivity (Wildman–Crippen MR) is 90.2 cm³/mol. The number of carbonyl (C=O) groups is 1. The summed E-state index contributed by atoms with van der Waals surface area (Å²) in [5, 5.41) is 29.7. The summed E-state index contributed by atoms with van der Waals surface area (Å²) in [6.45, 7) is -0.400. The van der Waals surface area contributed by atoms with Gasteiger partial charge in [0.05, 0.1) is 24.4 Å². The lowest BCUT2D eigenvalue weighted by molar-refractivity contribution is 0.102. The number of benzene rings is 2. The first kappa shape index (κ1) is 15.9. The molecule has 7 heteroatoms. The van der Waals surface area contributed by atoms with E-state index in [9.17, 15) is 15.0 Å². The molecular formula is C17H16N4O3. The highest BCUT2D eigenvalue weighted by molar-refractivity contribution is 6.10. The van der Waals surface area contributed by atoms with Gasteiger partial charge in [-0.1, -0.05) is 24.3 Å². The number of nitrogens with zero attached hydrogens (tertiary/aromatic N) is 2. The van der Waals surface area contributed by atoms with Gasteiger partial charge in [-0.15, -0.1) is 10.2 Å². The van der Waals surface area contributed by atoms with Crippen molar-refractivity contribution in [3.63, 3.8) is 0 Å². The van der Waals surface area contributed by atoms with Crippen molar-refractivity contribution in [2.24, 2.45) is 0 Å². The van der Waals surface area contributed by atoms with E-state index in [1.807, 2.05) is 6.07 Å². The van der Waals surface area contributed by atoms with E-state index in [1.54, 1.807) is 36.4 Å². The summed E-state index contributed by atoms with van der Waals surface area (Å²) in [5.74, 6) is -0.510. The molecule has 0 saturated carbocycles. The van der Waals surface area contributed by atoms with Gasteiger partial charge in [0, 0.05) is 11.1 Å². The van der Waals surface area contributed by atoms with Gasteiger partial charge in [0.1, 0.15) is 0 Å². The van der Waals surface area contributed by atoms with E-state index in [2.05, 4.69) is 15.5 Å². The summed E-state index contributed by atoms with van der Waals surface area (Å²) in [6.07, 6.45) is 0. The highest BCUT2D eigenvalue weighted by Crippen LogP contribution is 2.22. The fourth-order valence-corrected chi connectivity index (χ4v) is 2.45. The Balaban J connectivity index is 1.94. The lowest BCUT2D eigenvalue weighted by Crippen LogP contribution is -2.17. The zero-order valence-corrected chi connectivity index (χ0v) is 12.7. The number of amides is 1. The summed E-state index contributed by atoms with van der Waals surface area (Å²) in [7, 11) is 0. The Hall–Kier alpha value is -3.03. The largest absolute Gasteiger partial charge is 0.396 e. The third kappa shape index (κ3) is 3.03. The van der Waals surface area contributed by atoms with Gasteiger partial charge in [-0.3, -0.25) is 4.79 Å². The van der Waals surface area contributed by atoms with Crippen LogP contribution in [0.4, 0.5) is 11.4 Å². The number of anilines is 2. The second-order valence-corrected chi connectivity index (χ2v) is 5.29. The lowest BCUT2D eigenvalue weighted by atomic mass is 10.1. The molecule has 0 fully saturated rings. The second-order valence-electron chi connectivity index (χ2n) is 5.29. The Morgan fingerprint density at radius 2 is 1.71 bits per heavy atom. The van der Waals surface area contributed by atoms with Crippen LogP contribution in [0.25, 0.3) is 10.9 Å². The summed E-state index contributed by atoms with van der Waals surface area (Å²) >= 11 is 0. The molecule has 1 heterocycles. The van der Waals surface area contributed by atoms with Gasteiger partial charge < -0.3 is 21.3 Å². The van der Waals surface area contributed by atoms with Gasteiger partial charge in [-0.2, -0.15) is 0 Å². The number of nitrogen functional groups attached to an aromatic ring is 1. The van der Waals surface area contributed by atoms with E-state index in [0.29, 0.717) is 27.7 Å². The van der Waals surface area contributed by atoms with E-state index in [1.165, 1.54) is 0 Å². The van der Waals surface area contributed by atoms with Crippen molar-refractivity contribution in [2.75, 3.05) is 11.1 Å². The third-order valence-electron chi connectivity index (χ3n) is 3.60. The molecule has 3 aromatic rings. The monoisotopic (exact) mass is 324 g/mol. The zero-order valence-electron chi connectivity index (χ0n) is 12.7. The summed E-state index contributed by atoms with van der Waals surface area (Å²) in [6, 6.07) is 12.0. The van der Waals surface area contributed by atoms with Gasteiger partial charge >= 0.3 is 0 Å². The van der Waals surface area contributed by atoms with E-state index >= 15 is 0 Å². The van der Waals surface area contributed by atoms with Crippen LogP contribution in [-0.4, -0.2) is 26.3 Å². The Morgan fingerprint density at radius 1 is 1.04 bits per heavy atom. The first-order valence-electron chi connectivity index (χ1n) is 7.29. The maximum Gasteiger partial charge on any atom is 0.278 e. The number of aliphatic hydroxyl groups excluding tert-OH is 2. The molecule has 3 rings (SSSR count). The van der Waals surface area contributed by atoms with Crippen molar-refractivity contribution in [1.82, 2.24) is 10.2 Å². The standard InChI is InChI=1S/C17H16N4O3/c18-15-13-3-1-2-4-14(13)20-21-16(15)17(24)19-12-6-10(8-22)5-11(7-12)9-23/h1-7,22-23H,8-9H2,(H2,18,20)(H,19,24). The number of hydrogen-bond acceptors (Lipinski definition) is 6.